The fourth-order valence-electron chi connectivity index (χ4n) is 6.58. The molecule has 0 heterocycles. The SMILES string of the molecule is CC/C=C\C/C=C\C/C=C\C/C=C\CCCCCCC(=O)OC[C@H](COP(=O)(O)O[C@H]1C(O)C(O)C(O)[C@@H](OP(=O)(O)O)C1O)OC(=O)CCCCCCCC(=O)/C=C/C=C\CCCCC. The van der Waals surface area contributed by atoms with Crippen molar-refractivity contribution in [3.8, 4) is 0 Å². The van der Waals surface area contributed by atoms with Gasteiger partial charge in [-0.05, 0) is 76.7 Å². The van der Waals surface area contributed by atoms with Gasteiger partial charge in [0.25, 0.3) is 0 Å². The summed E-state index contributed by atoms with van der Waals surface area (Å²) in [4.78, 5) is 66.4. The zero-order valence-corrected chi connectivity index (χ0v) is 40.6. The van der Waals surface area contributed by atoms with E-state index >= 15 is 0 Å². The molecule has 0 aromatic carbocycles. The summed E-state index contributed by atoms with van der Waals surface area (Å²) >= 11 is 0. The molecule has 0 radical (unpaired) electrons. The molecular weight excluding hydrogens is 898 g/mol. The number of ether oxygens (including phenoxy) is 2. The molecule has 0 bridgehead atoms. The van der Waals surface area contributed by atoms with Crippen molar-refractivity contribution in [3.05, 3.63) is 72.9 Å². The van der Waals surface area contributed by atoms with Crippen molar-refractivity contribution in [2.24, 2.45) is 0 Å². The Morgan fingerprint density at radius 2 is 1.06 bits per heavy atom. The minimum atomic E-state index is -5.38. The minimum absolute atomic E-state index is 0.0395. The van der Waals surface area contributed by atoms with Gasteiger partial charge in [0.2, 0.25) is 0 Å². The molecule has 0 aromatic heterocycles. The maximum atomic E-state index is 13.0. The van der Waals surface area contributed by atoms with Crippen LogP contribution in [-0.2, 0) is 46.6 Å². The van der Waals surface area contributed by atoms with Gasteiger partial charge in [0.1, 0.15) is 43.2 Å². The van der Waals surface area contributed by atoms with Gasteiger partial charge in [0, 0.05) is 19.3 Å². The van der Waals surface area contributed by atoms with E-state index in [2.05, 4.69) is 67.0 Å². The summed E-state index contributed by atoms with van der Waals surface area (Å²) in [5.74, 6) is -1.29. The van der Waals surface area contributed by atoms with Gasteiger partial charge in [-0.1, -0.05) is 126 Å². The second kappa shape index (κ2) is 37.1. The van der Waals surface area contributed by atoms with E-state index in [1.165, 1.54) is 6.42 Å². The summed E-state index contributed by atoms with van der Waals surface area (Å²) in [6.07, 6.45) is 25.3. The Morgan fingerprint density at radius 3 is 1.67 bits per heavy atom. The van der Waals surface area contributed by atoms with E-state index in [-0.39, 0.29) is 18.6 Å². The Balaban J connectivity index is 2.65. The molecular formula is C47H78O17P2. The standard InChI is InChI=1S/C47H78O17P2/c1-3-5-7-9-11-12-13-14-15-16-17-18-19-20-22-26-30-34-40(49)60-36-39(62-41(50)35-31-27-23-25-29-33-38(48)32-28-24-21-10-8-6-4-2)37-61-66(58,59)64-47-44(53)42(51)43(52)46(45(47)54)63-65(55,56)57/h5,7,11-12,14-15,17-18,21,24,28,32,39,42-47,51-54H,3-4,6,8-10,13,16,19-20,22-23,25-27,29-31,33-37H2,1-2H3,(H,58,59)(H2,55,56,57)/b7-5-,12-11-,15-14-,18-17-,24-21-,32-28+/t39-,42?,43?,44?,45?,46-,47+/m1/s1. The van der Waals surface area contributed by atoms with E-state index in [0.29, 0.717) is 32.1 Å². The van der Waals surface area contributed by atoms with Gasteiger partial charge >= 0.3 is 27.6 Å². The van der Waals surface area contributed by atoms with Crippen LogP contribution in [-0.4, -0.2) is 109 Å². The van der Waals surface area contributed by atoms with Crippen LogP contribution in [0.4, 0.5) is 0 Å². The molecule has 8 atom stereocenters. The predicted molar refractivity (Wildman–Crippen MR) is 251 cm³/mol. The normalized spacial score (nSPS) is 22.1. The zero-order valence-electron chi connectivity index (χ0n) is 38.8. The number of phosphoric ester groups is 2. The van der Waals surface area contributed by atoms with Crippen LogP contribution in [0.15, 0.2) is 72.9 Å². The zero-order chi connectivity index (χ0) is 49.1. The Bertz CT molecular complexity index is 1620. The quantitative estimate of drug-likeness (QED) is 0.00770. The highest BCUT2D eigenvalue weighted by atomic mass is 31.2. The number of phosphoric acid groups is 2. The highest BCUT2D eigenvalue weighted by molar-refractivity contribution is 7.47. The summed E-state index contributed by atoms with van der Waals surface area (Å²) in [6.45, 7) is 2.81. The van der Waals surface area contributed by atoms with Crippen molar-refractivity contribution in [2.45, 2.75) is 191 Å². The van der Waals surface area contributed by atoms with E-state index in [1.807, 2.05) is 12.2 Å². The van der Waals surface area contributed by atoms with Crippen molar-refractivity contribution < 1.29 is 81.7 Å². The molecule has 0 aromatic rings. The maximum absolute atomic E-state index is 13.0. The van der Waals surface area contributed by atoms with Crippen molar-refractivity contribution >= 4 is 33.4 Å². The number of unbranched alkanes of at least 4 members (excludes halogenated alkanes) is 11. The van der Waals surface area contributed by atoms with E-state index in [0.717, 1.165) is 83.5 Å². The Labute approximate surface area is 391 Å². The number of allylic oxidation sites excluding steroid dienone is 12. The number of carbonyl (C=O) groups excluding carboxylic acids is 3. The maximum Gasteiger partial charge on any atom is 0.472 e. The highest BCUT2D eigenvalue weighted by Crippen LogP contribution is 2.49. The fourth-order valence-corrected chi connectivity index (χ4v) is 8.12. The van der Waals surface area contributed by atoms with Crippen molar-refractivity contribution in [1.29, 1.82) is 0 Å². The van der Waals surface area contributed by atoms with Crippen LogP contribution >= 0.6 is 15.6 Å². The van der Waals surface area contributed by atoms with Crippen LogP contribution in [0.2, 0.25) is 0 Å². The number of carbonyl (C=O) groups is 3. The second-order valence-electron chi connectivity index (χ2n) is 16.1. The lowest BCUT2D eigenvalue weighted by Crippen LogP contribution is -2.64. The third kappa shape index (κ3) is 31.2. The molecule has 0 amide bonds. The topological polar surface area (TPSA) is 273 Å². The van der Waals surface area contributed by atoms with Gasteiger partial charge in [0.05, 0.1) is 6.61 Å². The molecule has 1 rings (SSSR count). The molecule has 1 aliphatic rings. The molecule has 1 fully saturated rings. The number of aliphatic hydroxyl groups excluding tert-OH is 4. The lowest BCUT2D eigenvalue weighted by atomic mass is 9.85. The molecule has 0 saturated heterocycles. The van der Waals surface area contributed by atoms with Crippen LogP contribution in [0.1, 0.15) is 149 Å². The van der Waals surface area contributed by atoms with Crippen LogP contribution in [0, 0.1) is 0 Å². The highest BCUT2D eigenvalue weighted by Gasteiger charge is 2.54. The average Bonchev–Trinajstić information content (AvgIpc) is 3.27. The molecule has 0 aliphatic heterocycles. The average molecular weight is 977 g/mol. The fraction of sp³-hybridized carbons (Fsp3) is 0.681. The van der Waals surface area contributed by atoms with Crippen LogP contribution in [0.25, 0.3) is 0 Å². The number of rotatable bonds is 38. The van der Waals surface area contributed by atoms with Crippen molar-refractivity contribution in [1.82, 2.24) is 0 Å². The van der Waals surface area contributed by atoms with Crippen molar-refractivity contribution in [2.75, 3.05) is 13.2 Å². The Kier molecular flexibility index (Phi) is 34.3. The minimum Gasteiger partial charge on any atom is -0.462 e. The molecule has 17 nitrogen and oxygen atoms in total. The van der Waals surface area contributed by atoms with Crippen LogP contribution in [0.3, 0.4) is 0 Å². The van der Waals surface area contributed by atoms with Gasteiger partial charge in [-0.2, -0.15) is 0 Å². The van der Waals surface area contributed by atoms with Crippen molar-refractivity contribution in [3.63, 3.8) is 0 Å². The number of ketones is 1. The number of aliphatic hydroxyl groups is 4. The first kappa shape index (κ1) is 61.1. The van der Waals surface area contributed by atoms with E-state index in [9.17, 15) is 48.8 Å². The number of hydrogen-bond acceptors (Lipinski definition) is 14. The molecule has 66 heavy (non-hydrogen) atoms. The van der Waals surface area contributed by atoms with Crippen LogP contribution in [0.5, 0.6) is 0 Å². The first-order chi connectivity index (χ1) is 31.5. The second-order valence-corrected chi connectivity index (χ2v) is 18.7. The lowest BCUT2D eigenvalue weighted by molar-refractivity contribution is -0.216. The van der Waals surface area contributed by atoms with Crippen LogP contribution < -0.4 is 0 Å². The van der Waals surface area contributed by atoms with E-state index in [1.54, 1.807) is 12.2 Å². The lowest BCUT2D eigenvalue weighted by Gasteiger charge is -2.43. The van der Waals surface area contributed by atoms with Gasteiger partial charge in [-0.15, -0.1) is 0 Å². The summed E-state index contributed by atoms with van der Waals surface area (Å²) < 4.78 is 49.2. The predicted octanol–water partition coefficient (Wildman–Crippen LogP) is 8.02. The number of hydrogen-bond donors (Lipinski definition) is 7. The molecule has 5 unspecified atom stereocenters. The number of esters is 2. The Hall–Kier alpha value is -2.89. The molecule has 1 aliphatic carbocycles. The third-order valence-corrected chi connectivity index (χ3v) is 11.7. The summed E-state index contributed by atoms with van der Waals surface area (Å²) in [6, 6.07) is 0. The summed E-state index contributed by atoms with van der Waals surface area (Å²) in [7, 11) is -10.7. The molecule has 378 valence electrons. The van der Waals surface area contributed by atoms with E-state index < -0.39 is 83.5 Å². The first-order valence-corrected chi connectivity index (χ1v) is 26.5. The monoisotopic (exact) mass is 976 g/mol. The third-order valence-electron chi connectivity index (χ3n) is 10.2. The summed E-state index contributed by atoms with van der Waals surface area (Å²) in [5.41, 5.74) is 0. The van der Waals surface area contributed by atoms with Gasteiger partial charge in [-0.25, -0.2) is 9.13 Å². The smallest absolute Gasteiger partial charge is 0.462 e. The van der Waals surface area contributed by atoms with E-state index in [4.69, 9.17) is 28.3 Å². The molecule has 7 N–H and O–H groups in total. The largest absolute Gasteiger partial charge is 0.472 e. The first-order valence-electron chi connectivity index (χ1n) is 23.4. The molecule has 19 heteroatoms. The summed E-state index contributed by atoms with van der Waals surface area (Å²) in [5, 5.41) is 41.2. The van der Waals surface area contributed by atoms with Gasteiger partial charge in [0.15, 0.2) is 11.9 Å². The molecule has 0 spiro atoms. The Morgan fingerprint density at radius 1 is 0.545 bits per heavy atom. The van der Waals surface area contributed by atoms with Gasteiger partial charge < -0.3 is 44.6 Å². The van der Waals surface area contributed by atoms with Gasteiger partial charge in [-0.3, -0.25) is 28.0 Å². The molecule has 1 saturated carbocycles.